The van der Waals surface area contributed by atoms with Gasteiger partial charge in [-0.05, 0) is 30.7 Å². The molecule has 15 heteroatoms. The molecule has 2 rings (SSSR count). The summed E-state index contributed by atoms with van der Waals surface area (Å²) in [5.74, 6) is -5.72. The van der Waals surface area contributed by atoms with Gasteiger partial charge in [-0.2, -0.15) is 13.2 Å². The number of nitrogens with zero attached hydrogens (tertiary/aromatic N) is 2. The molecule has 1 N–H and O–H groups in total. The summed E-state index contributed by atoms with van der Waals surface area (Å²) in [5, 5.41) is 0.395. The summed E-state index contributed by atoms with van der Waals surface area (Å²) < 4.78 is 68.7. The van der Waals surface area contributed by atoms with Crippen LogP contribution in [0.25, 0.3) is 0 Å². The molecule has 1 aromatic carbocycles. The molecule has 2 unspecified atom stereocenters. The molecule has 0 radical (unpaired) electrons. The average Bonchev–Trinajstić information content (AvgIpc) is 2.78. The molecule has 2 atom stereocenters. The molecule has 1 fully saturated rings. The second kappa shape index (κ2) is 13.1. The Bertz CT molecular complexity index is 872. The number of benzene rings is 1. The Morgan fingerprint density at radius 1 is 1.29 bits per heavy atom. The van der Waals surface area contributed by atoms with Crippen molar-refractivity contribution in [2.45, 2.75) is 36.7 Å². The van der Waals surface area contributed by atoms with Gasteiger partial charge >= 0.3 is 25.6 Å². The number of carbonyl (C=O) groups is 2. The van der Waals surface area contributed by atoms with Gasteiger partial charge in [0.2, 0.25) is 0 Å². The summed E-state index contributed by atoms with van der Waals surface area (Å²) in [6.07, 6.45) is -4.29. The number of ether oxygens (including phenoxy) is 2. The number of hydrogen-bond acceptors (Lipinski definition) is 8. The van der Waals surface area contributed by atoms with Gasteiger partial charge in [0.25, 0.3) is 0 Å². The molecule has 34 heavy (non-hydrogen) atoms. The van der Waals surface area contributed by atoms with E-state index in [0.29, 0.717) is 34.8 Å². The molecular formula is C19H25ClF3N2O7PS. The Morgan fingerprint density at radius 2 is 1.91 bits per heavy atom. The monoisotopic (exact) mass is 548 g/mol. The number of morpholine rings is 1. The molecule has 1 amide bonds. The number of amides is 1. The highest BCUT2D eigenvalue weighted by atomic mass is 35.5. The molecule has 1 aliphatic rings. The van der Waals surface area contributed by atoms with Gasteiger partial charge in [0.05, 0.1) is 19.8 Å². The van der Waals surface area contributed by atoms with Crippen LogP contribution in [0.3, 0.4) is 0 Å². The maximum Gasteiger partial charge on any atom is 0.471 e. The van der Waals surface area contributed by atoms with Crippen LogP contribution in [0.4, 0.5) is 13.2 Å². The van der Waals surface area contributed by atoms with Crippen LogP contribution < -0.4 is 0 Å². The summed E-state index contributed by atoms with van der Waals surface area (Å²) >= 11 is 6.24. The molecule has 1 heterocycles. The van der Waals surface area contributed by atoms with E-state index in [-0.39, 0.29) is 37.8 Å². The van der Waals surface area contributed by atoms with Crippen molar-refractivity contribution in [3.8, 4) is 0 Å². The van der Waals surface area contributed by atoms with E-state index in [9.17, 15) is 32.2 Å². The minimum Gasteiger partial charge on any atom is -0.464 e. The maximum atomic E-state index is 13.4. The van der Waals surface area contributed by atoms with Crippen molar-refractivity contribution in [2.24, 2.45) is 0 Å². The van der Waals surface area contributed by atoms with Gasteiger partial charge < -0.3 is 14.4 Å². The summed E-state index contributed by atoms with van der Waals surface area (Å²) in [5.41, 5.74) is 0. The average molecular weight is 549 g/mol. The maximum absolute atomic E-state index is 13.4. The van der Waals surface area contributed by atoms with E-state index in [1.54, 1.807) is 0 Å². The molecule has 0 saturated carbocycles. The number of esters is 1. The molecule has 1 saturated heterocycles. The van der Waals surface area contributed by atoms with Crippen molar-refractivity contribution >= 4 is 43.1 Å². The molecule has 0 aromatic heterocycles. The molecule has 192 valence electrons. The lowest BCUT2D eigenvalue weighted by Gasteiger charge is -2.41. The summed E-state index contributed by atoms with van der Waals surface area (Å²) in [6.45, 7) is 0.494. The second-order valence-electron chi connectivity index (χ2n) is 7.18. The molecule has 0 bridgehead atoms. The standard InChI is InChI=1S/C19H25ClF3N2O7PS/c1-2-3-10-31-16(26)13-25(17(27)19(21,22)23)18(24-8-11-30-12-9-24)33(28,29)32-34-15-6-4-14(20)5-7-15/h4-7,18H,2-3,8-13H2,1H3,(H,28,29). The second-order valence-corrected chi connectivity index (χ2v) is 10.4. The van der Waals surface area contributed by atoms with Gasteiger partial charge in [-0.3, -0.25) is 24.0 Å². The van der Waals surface area contributed by atoms with Crippen LogP contribution in [0, 0.1) is 0 Å². The van der Waals surface area contributed by atoms with Crippen LogP contribution in [0.2, 0.25) is 5.02 Å². The molecule has 1 aromatic rings. The van der Waals surface area contributed by atoms with Crippen molar-refractivity contribution in [3.05, 3.63) is 29.3 Å². The minimum atomic E-state index is -5.42. The first-order valence-corrected chi connectivity index (χ1v) is 13.0. The van der Waals surface area contributed by atoms with E-state index in [2.05, 4.69) is 0 Å². The van der Waals surface area contributed by atoms with E-state index >= 15 is 0 Å². The smallest absolute Gasteiger partial charge is 0.464 e. The highest BCUT2D eigenvalue weighted by molar-refractivity contribution is 7.98. The Hall–Kier alpha value is -1.34. The fourth-order valence-electron chi connectivity index (χ4n) is 2.95. The number of halogens is 4. The zero-order valence-electron chi connectivity index (χ0n) is 18.2. The highest BCUT2D eigenvalue weighted by Gasteiger charge is 2.52. The van der Waals surface area contributed by atoms with E-state index < -0.39 is 38.1 Å². The van der Waals surface area contributed by atoms with Gasteiger partial charge in [0, 0.05) is 35.1 Å². The number of rotatable bonds is 11. The summed E-state index contributed by atoms with van der Waals surface area (Å²) in [6, 6.07) is 5.92. The topological polar surface area (TPSA) is 106 Å². The molecule has 9 nitrogen and oxygen atoms in total. The van der Waals surface area contributed by atoms with Crippen molar-refractivity contribution in [3.63, 3.8) is 0 Å². The number of unbranched alkanes of at least 4 members (excludes halogenated alkanes) is 1. The van der Waals surface area contributed by atoms with Gasteiger partial charge in [-0.1, -0.05) is 24.9 Å². The van der Waals surface area contributed by atoms with Crippen molar-refractivity contribution in [2.75, 3.05) is 39.5 Å². The first-order valence-electron chi connectivity index (χ1n) is 10.2. The number of hydrogen-bond donors (Lipinski definition) is 1. The quantitative estimate of drug-likeness (QED) is 0.191. The molecule has 0 aliphatic carbocycles. The fraction of sp³-hybridized carbons (Fsp3) is 0.579. The fourth-order valence-corrected chi connectivity index (χ4v) is 5.58. The molecular weight excluding hydrogens is 524 g/mol. The minimum absolute atomic E-state index is 0.0111. The predicted octanol–water partition coefficient (Wildman–Crippen LogP) is 3.90. The third kappa shape index (κ3) is 8.71. The van der Waals surface area contributed by atoms with Gasteiger partial charge in [-0.15, -0.1) is 0 Å². The zero-order chi connectivity index (χ0) is 25.4. The van der Waals surface area contributed by atoms with Crippen LogP contribution >= 0.6 is 31.2 Å². The van der Waals surface area contributed by atoms with Crippen molar-refractivity contribution < 1.29 is 45.7 Å². The summed E-state index contributed by atoms with van der Waals surface area (Å²) in [4.78, 5) is 36.7. The lowest BCUT2D eigenvalue weighted by molar-refractivity contribution is -0.192. The van der Waals surface area contributed by atoms with Crippen LogP contribution in [-0.4, -0.2) is 78.1 Å². The largest absolute Gasteiger partial charge is 0.471 e. The van der Waals surface area contributed by atoms with Crippen LogP contribution in [0.5, 0.6) is 0 Å². The highest BCUT2D eigenvalue weighted by Crippen LogP contribution is 2.55. The van der Waals surface area contributed by atoms with Crippen LogP contribution in [-0.2, 0) is 27.6 Å². The lowest BCUT2D eigenvalue weighted by Crippen LogP contribution is -2.58. The van der Waals surface area contributed by atoms with E-state index in [1.165, 1.54) is 24.3 Å². The normalized spacial score (nSPS) is 17.6. The van der Waals surface area contributed by atoms with E-state index in [0.717, 1.165) is 4.90 Å². The van der Waals surface area contributed by atoms with Crippen molar-refractivity contribution in [1.82, 2.24) is 9.80 Å². The first kappa shape index (κ1) is 28.9. The third-order valence-electron chi connectivity index (χ3n) is 4.56. The van der Waals surface area contributed by atoms with Gasteiger partial charge in [0.1, 0.15) is 6.54 Å². The Kier molecular flexibility index (Phi) is 11.1. The Labute approximate surface area is 204 Å². The lowest BCUT2D eigenvalue weighted by atomic mass is 10.3. The van der Waals surface area contributed by atoms with E-state index in [1.807, 2.05) is 6.92 Å². The SMILES string of the molecule is CCCCOC(=O)CN(C(=O)C(F)(F)F)C(N1CCOCC1)P(=O)(O)OSc1ccc(Cl)cc1. The number of alkyl halides is 3. The third-order valence-corrected chi connectivity index (χ3v) is 7.62. The zero-order valence-corrected chi connectivity index (χ0v) is 20.7. The summed E-state index contributed by atoms with van der Waals surface area (Å²) in [7, 11) is -5.02. The predicted molar refractivity (Wildman–Crippen MR) is 118 cm³/mol. The van der Waals surface area contributed by atoms with Crippen LogP contribution in [0.1, 0.15) is 19.8 Å². The Balaban J connectivity index is 2.35. The molecule has 0 spiro atoms. The molecule has 1 aliphatic heterocycles. The Morgan fingerprint density at radius 3 is 2.47 bits per heavy atom. The number of carbonyl (C=O) groups excluding carboxylic acids is 2. The van der Waals surface area contributed by atoms with Gasteiger partial charge in [-0.25, -0.2) is 3.97 Å². The first-order chi connectivity index (χ1) is 16.0. The van der Waals surface area contributed by atoms with Crippen LogP contribution in [0.15, 0.2) is 29.2 Å². The van der Waals surface area contributed by atoms with Gasteiger partial charge in [0.15, 0.2) is 5.91 Å². The van der Waals surface area contributed by atoms with Crippen molar-refractivity contribution in [1.29, 1.82) is 0 Å². The van der Waals surface area contributed by atoms with E-state index in [4.69, 9.17) is 25.0 Å².